The van der Waals surface area contributed by atoms with Crippen LogP contribution < -0.4 is 15.3 Å². The Morgan fingerprint density at radius 1 is 1.06 bits per heavy atom. The molecule has 0 radical (unpaired) electrons. The fourth-order valence-corrected chi connectivity index (χ4v) is 4.55. The number of benzene rings is 2. The van der Waals surface area contributed by atoms with E-state index in [1.165, 1.54) is 5.57 Å². The monoisotopic (exact) mass is 470 g/mol. The van der Waals surface area contributed by atoms with Crippen molar-refractivity contribution in [2.75, 3.05) is 26.2 Å². The normalized spacial score (nSPS) is 18.4. The highest BCUT2D eigenvalue weighted by molar-refractivity contribution is 5.94. The lowest BCUT2D eigenvalue weighted by Crippen LogP contribution is -2.53. The predicted octanol–water partition coefficient (Wildman–Crippen LogP) is 4.53. The van der Waals surface area contributed by atoms with Crippen LogP contribution in [-0.4, -0.2) is 52.9 Å². The molecule has 35 heavy (non-hydrogen) atoms. The number of rotatable bonds is 7. The largest absolute Gasteiger partial charge is 0.374 e. The van der Waals surface area contributed by atoms with Crippen molar-refractivity contribution in [3.8, 4) is 11.5 Å². The van der Waals surface area contributed by atoms with E-state index in [9.17, 15) is 4.79 Å². The number of amides is 1. The second-order valence-corrected chi connectivity index (χ2v) is 8.97. The highest BCUT2D eigenvalue weighted by atomic mass is 16.9. The van der Waals surface area contributed by atoms with Gasteiger partial charge in [-0.2, -0.15) is 0 Å². The van der Waals surface area contributed by atoms with Gasteiger partial charge in [-0.3, -0.25) is 14.7 Å². The first kappa shape index (κ1) is 23.1. The van der Waals surface area contributed by atoms with Crippen LogP contribution in [0.4, 0.5) is 0 Å². The minimum Gasteiger partial charge on any atom is -0.374 e. The molecule has 7 heteroatoms. The molecule has 1 aromatic heterocycles. The number of fused-ring (bicyclic) bond motifs is 1. The number of carbonyl (C=O) groups excluding carboxylic acids is 1. The number of pyridine rings is 1. The smallest absolute Gasteiger partial charge is 0.253 e. The third-order valence-electron chi connectivity index (χ3n) is 6.52. The van der Waals surface area contributed by atoms with Crippen LogP contribution in [0.25, 0.3) is 10.9 Å². The molecular weight excluding hydrogens is 440 g/mol. The molecule has 2 aromatic carbocycles. The molecule has 0 bridgehead atoms. The van der Waals surface area contributed by atoms with Crippen LogP contribution >= 0.6 is 0 Å². The first-order valence-electron chi connectivity index (χ1n) is 12.1. The maximum Gasteiger partial charge on any atom is 0.253 e. The number of carbonyl (C=O) groups is 1. The average Bonchev–Trinajstić information content (AvgIpc) is 2.90. The summed E-state index contributed by atoms with van der Waals surface area (Å²) >= 11 is 0. The van der Waals surface area contributed by atoms with Crippen molar-refractivity contribution in [1.29, 1.82) is 0 Å². The van der Waals surface area contributed by atoms with Crippen LogP contribution in [0.15, 0.2) is 84.6 Å². The van der Waals surface area contributed by atoms with E-state index in [4.69, 9.17) is 9.68 Å². The molecular formula is C28H30N4O3. The molecule has 0 saturated carbocycles. The molecule has 1 unspecified atom stereocenters. The Bertz CT molecular complexity index is 1230. The molecule has 1 amide bonds. The van der Waals surface area contributed by atoms with Gasteiger partial charge in [0.2, 0.25) is 0 Å². The average molecular weight is 471 g/mol. The lowest BCUT2D eigenvalue weighted by Gasteiger charge is -2.40. The van der Waals surface area contributed by atoms with E-state index in [1.54, 1.807) is 30.5 Å². The summed E-state index contributed by atoms with van der Waals surface area (Å²) in [6, 6.07) is 16.9. The molecule has 3 aromatic rings. The molecule has 180 valence electrons. The number of piperazine rings is 1. The molecule has 2 aliphatic rings. The zero-order chi connectivity index (χ0) is 24.0. The van der Waals surface area contributed by atoms with E-state index in [0.717, 1.165) is 49.9 Å². The molecule has 1 aliphatic carbocycles. The number of nitrogens with zero attached hydrogens (tertiary/aromatic N) is 3. The first-order valence-corrected chi connectivity index (χ1v) is 12.1. The van der Waals surface area contributed by atoms with Gasteiger partial charge in [-0.1, -0.05) is 36.4 Å². The topological polar surface area (TPSA) is 66.9 Å². The maximum atomic E-state index is 13.1. The Labute approximate surface area is 205 Å². The Balaban J connectivity index is 1.13. The van der Waals surface area contributed by atoms with Gasteiger partial charge in [0.05, 0.1) is 0 Å². The van der Waals surface area contributed by atoms with Crippen molar-refractivity contribution >= 4 is 16.8 Å². The maximum absolute atomic E-state index is 13.1. The van der Waals surface area contributed by atoms with Gasteiger partial charge in [-0.05, 0) is 61.7 Å². The Hall–Kier alpha value is -3.68. The molecule has 2 heterocycles. The molecule has 1 aliphatic heterocycles. The van der Waals surface area contributed by atoms with E-state index in [1.807, 2.05) is 35.2 Å². The van der Waals surface area contributed by atoms with Crippen molar-refractivity contribution in [2.24, 2.45) is 0 Å². The van der Waals surface area contributed by atoms with Crippen LogP contribution in [0.3, 0.4) is 0 Å². The Morgan fingerprint density at radius 2 is 1.91 bits per heavy atom. The summed E-state index contributed by atoms with van der Waals surface area (Å²) < 4.78 is 0. The van der Waals surface area contributed by atoms with Gasteiger partial charge >= 0.3 is 0 Å². The number of aromatic nitrogens is 1. The van der Waals surface area contributed by atoms with Crippen molar-refractivity contribution in [2.45, 2.75) is 25.8 Å². The van der Waals surface area contributed by atoms with Crippen LogP contribution in [0, 0.1) is 0 Å². The van der Waals surface area contributed by atoms with Gasteiger partial charge in [0.25, 0.3) is 5.91 Å². The summed E-state index contributed by atoms with van der Waals surface area (Å²) in [4.78, 5) is 32.9. The van der Waals surface area contributed by atoms with E-state index >= 15 is 0 Å². The second kappa shape index (κ2) is 10.7. The van der Waals surface area contributed by atoms with Gasteiger partial charge in [-0.25, -0.2) is 0 Å². The van der Waals surface area contributed by atoms with Crippen LogP contribution in [0.2, 0.25) is 0 Å². The minimum atomic E-state index is 0.0471. The summed E-state index contributed by atoms with van der Waals surface area (Å²) in [6.45, 7) is 5.48. The zero-order valence-electron chi connectivity index (χ0n) is 19.9. The van der Waals surface area contributed by atoms with Crippen molar-refractivity contribution in [3.63, 3.8) is 0 Å². The van der Waals surface area contributed by atoms with Crippen molar-refractivity contribution < 1.29 is 14.5 Å². The zero-order valence-corrected chi connectivity index (χ0v) is 19.9. The fourth-order valence-electron chi connectivity index (χ4n) is 4.55. The van der Waals surface area contributed by atoms with E-state index in [-0.39, 0.29) is 5.91 Å². The molecule has 1 fully saturated rings. The number of para-hydroxylation sites is 1. The van der Waals surface area contributed by atoms with Gasteiger partial charge in [-0.15, -0.1) is 0 Å². The fraction of sp³-hybridized carbons (Fsp3) is 0.286. The summed E-state index contributed by atoms with van der Waals surface area (Å²) in [5.41, 5.74) is 5.29. The standard InChI is InChI=1S/C28H30N4O3/c1-21-19-32(18-17-31(21)20-22-7-3-2-4-8-22)28(33)24-12-14-25(15-13-24)34-30-35-26-11-5-9-23-10-6-16-29-27(23)26/h3,5-16,21,30H,2,4,17-20H2,1H3. The minimum absolute atomic E-state index is 0.0471. The third kappa shape index (κ3) is 5.53. The van der Waals surface area contributed by atoms with Gasteiger partial charge in [0.15, 0.2) is 11.5 Å². The molecule has 1 N–H and O–H groups in total. The van der Waals surface area contributed by atoms with Crippen molar-refractivity contribution in [3.05, 3.63) is 90.2 Å². The lowest BCUT2D eigenvalue weighted by molar-refractivity contribution is -0.0181. The van der Waals surface area contributed by atoms with Crippen LogP contribution in [-0.2, 0) is 0 Å². The molecule has 0 spiro atoms. The van der Waals surface area contributed by atoms with Gasteiger partial charge in [0, 0.05) is 55.0 Å². The number of hydrogen-bond acceptors (Lipinski definition) is 6. The first-order chi connectivity index (χ1) is 17.2. The number of nitrogens with one attached hydrogen (secondary N) is 1. The predicted molar refractivity (Wildman–Crippen MR) is 136 cm³/mol. The Kier molecular flexibility index (Phi) is 7.07. The summed E-state index contributed by atoms with van der Waals surface area (Å²) in [6.07, 6.45) is 10.8. The van der Waals surface area contributed by atoms with Crippen LogP contribution in [0.1, 0.15) is 30.1 Å². The second-order valence-electron chi connectivity index (χ2n) is 8.97. The van der Waals surface area contributed by atoms with E-state index < -0.39 is 0 Å². The number of hydrogen-bond donors (Lipinski definition) is 1. The van der Waals surface area contributed by atoms with Crippen LogP contribution in [0.5, 0.6) is 11.5 Å². The summed E-state index contributed by atoms with van der Waals surface area (Å²) in [5, 5.41) is 0.979. The summed E-state index contributed by atoms with van der Waals surface area (Å²) in [7, 11) is 0. The Morgan fingerprint density at radius 3 is 2.71 bits per heavy atom. The van der Waals surface area contributed by atoms with E-state index in [2.05, 4.69) is 40.7 Å². The number of allylic oxidation sites excluding steroid dienone is 2. The lowest BCUT2D eigenvalue weighted by atomic mass is 10.0. The van der Waals surface area contributed by atoms with Gasteiger partial charge < -0.3 is 14.6 Å². The molecule has 1 saturated heterocycles. The third-order valence-corrected chi connectivity index (χ3v) is 6.52. The van der Waals surface area contributed by atoms with Crippen molar-refractivity contribution in [1.82, 2.24) is 20.4 Å². The highest BCUT2D eigenvalue weighted by Crippen LogP contribution is 2.23. The SMILES string of the molecule is CC1CN(C(=O)c2ccc(ONOc3cccc4cccnc34)cc2)CCN1CC1=CCCC=C1. The summed E-state index contributed by atoms with van der Waals surface area (Å²) in [5.74, 6) is 1.16. The quantitative estimate of drug-likeness (QED) is 0.512. The van der Waals surface area contributed by atoms with E-state index in [0.29, 0.717) is 23.1 Å². The van der Waals surface area contributed by atoms with Gasteiger partial charge in [0.1, 0.15) is 5.52 Å². The molecule has 1 atom stereocenters. The molecule has 5 rings (SSSR count). The highest BCUT2D eigenvalue weighted by Gasteiger charge is 2.27. The molecule has 7 nitrogen and oxygen atoms in total.